The van der Waals surface area contributed by atoms with E-state index in [9.17, 15) is 4.79 Å². The van der Waals surface area contributed by atoms with Crippen molar-refractivity contribution in [1.29, 1.82) is 0 Å². The molecule has 0 fully saturated rings. The van der Waals surface area contributed by atoms with Gasteiger partial charge in [0.1, 0.15) is 0 Å². The zero-order valence-electron chi connectivity index (χ0n) is 8.40. The van der Waals surface area contributed by atoms with Gasteiger partial charge in [0.05, 0.1) is 12.0 Å². The number of H-pyrrole nitrogens is 1. The number of nitrogens with one attached hydrogen (secondary N) is 1. The maximum atomic E-state index is 11.3. The smallest absolute Gasteiger partial charge is 0.296 e. The predicted molar refractivity (Wildman–Crippen MR) is 52.3 cm³/mol. The van der Waals surface area contributed by atoms with Crippen LogP contribution in [-0.4, -0.2) is 19.6 Å². The minimum Gasteiger partial charge on any atom is -0.296 e. The van der Waals surface area contributed by atoms with Crippen molar-refractivity contribution >= 4 is 5.65 Å². The van der Waals surface area contributed by atoms with E-state index >= 15 is 0 Å². The van der Waals surface area contributed by atoms with E-state index in [1.807, 2.05) is 26.8 Å². The molecule has 0 aliphatic rings. The Balaban J connectivity index is 2.75. The second-order valence-corrected chi connectivity index (χ2v) is 4.26. The van der Waals surface area contributed by atoms with Crippen LogP contribution in [0.25, 0.3) is 5.65 Å². The van der Waals surface area contributed by atoms with E-state index in [0.717, 1.165) is 5.69 Å². The van der Waals surface area contributed by atoms with Gasteiger partial charge in [0.25, 0.3) is 0 Å². The normalized spacial score (nSPS) is 12.2. The Morgan fingerprint density at radius 3 is 2.71 bits per heavy atom. The van der Waals surface area contributed by atoms with E-state index in [4.69, 9.17) is 0 Å². The first-order valence-electron chi connectivity index (χ1n) is 4.42. The highest BCUT2D eigenvalue weighted by atomic mass is 16.1. The summed E-state index contributed by atoms with van der Waals surface area (Å²) in [6.07, 6.45) is 1.38. The summed E-state index contributed by atoms with van der Waals surface area (Å²) in [5, 5.41) is 4.19. The Hall–Kier alpha value is -1.65. The molecule has 2 aromatic rings. The number of hydrogen-bond donors (Lipinski definition) is 1. The van der Waals surface area contributed by atoms with Gasteiger partial charge in [0.15, 0.2) is 5.65 Å². The Labute approximate surface area is 80.8 Å². The molecule has 0 aliphatic carbocycles. The third-order valence-corrected chi connectivity index (χ3v) is 2.04. The molecule has 0 spiro atoms. The van der Waals surface area contributed by atoms with Gasteiger partial charge in [-0.2, -0.15) is 9.61 Å². The van der Waals surface area contributed by atoms with Gasteiger partial charge in [-0.25, -0.2) is 9.78 Å². The van der Waals surface area contributed by atoms with Crippen LogP contribution in [0.4, 0.5) is 0 Å². The molecule has 1 N–H and O–H groups in total. The first-order valence-corrected chi connectivity index (χ1v) is 4.42. The van der Waals surface area contributed by atoms with Gasteiger partial charge in [0.2, 0.25) is 0 Å². The predicted octanol–water partition coefficient (Wildman–Crippen LogP) is 0.715. The SMILES string of the molecule is CC(C)(C)c1cc2nc[nH]c(=O)n2n1. The number of aromatic nitrogens is 4. The molecular weight excluding hydrogens is 180 g/mol. The Kier molecular flexibility index (Phi) is 1.70. The molecule has 0 aromatic carbocycles. The van der Waals surface area contributed by atoms with Crippen LogP contribution in [0.3, 0.4) is 0 Å². The van der Waals surface area contributed by atoms with Crippen LogP contribution in [0, 0.1) is 0 Å². The summed E-state index contributed by atoms with van der Waals surface area (Å²) in [7, 11) is 0. The Bertz CT molecular complexity index is 517. The summed E-state index contributed by atoms with van der Waals surface area (Å²) in [4.78, 5) is 17.8. The lowest BCUT2D eigenvalue weighted by atomic mass is 9.93. The monoisotopic (exact) mass is 192 g/mol. The highest BCUT2D eigenvalue weighted by molar-refractivity contribution is 5.39. The van der Waals surface area contributed by atoms with Crippen molar-refractivity contribution in [3.63, 3.8) is 0 Å². The number of rotatable bonds is 0. The summed E-state index contributed by atoms with van der Waals surface area (Å²) in [5.41, 5.74) is 1.12. The molecule has 0 atom stereocenters. The number of hydrogen-bond acceptors (Lipinski definition) is 3. The lowest BCUT2D eigenvalue weighted by Gasteiger charge is -2.13. The fourth-order valence-electron chi connectivity index (χ4n) is 1.19. The summed E-state index contributed by atoms with van der Waals surface area (Å²) in [6, 6.07) is 1.83. The molecule has 0 bridgehead atoms. The van der Waals surface area contributed by atoms with Crippen LogP contribution < -0.4 is 5.69 Å². The summed E-state index contributed by atoms with van der Waals surface area (Å²) in [6.45, 7) is 6.13. The number of fused-ring (bicyclic) bond motifs is 1. The third-order valence-electron chi connectivity index (χ3n) is 2.04. The van der Waals surface area contributed by atoms with Gasteiger partial charge < -0.3 is 0 Å². The summed E-state index contributed by atoms with van der Waals surface area (Å²) < 4.78 is 1.28. The first-order chi connectivity index (χ1) is 6.48. The maximum Gasteiger partial charge on any atom is 0.349 e. The number of nitrogens with zero attached hydrogens (tertiary/aromatic N) is 3. The summed E-state index contributed by atoms with van der Waals surface area (Å²) in [5.74, 6) is 0. The topological polar surface area (TPSA) is 63.0 Å². The Morgan fingerprint density at radius 2 is 2.14 bits per heavy atom. The van der Waals surface area contributed by atoms with Crippen molar-refractivity contribution in [3.05, 3.63) is 28.6 Å². The van der Waals surface area contributed by atoms with Crippen LogP contribution >= 0.6 is 0 Å². The fourth-order valence-corrected chi connectivity index (χ4v) is 1.19. The van der Waals surface area contributed by atoms with E-state index in [0.29, 0.717) is 5.65 Å². The van der Waals surface area contributed by atoms with Gasteiger partial charge in [-0.1, -0.05) is 20.8 Å². The molecule has 0 unspecified atom stereocenters. The standard InChI is InChI=1S/C9H12N4O/c1-9(2,3)6-4-7-10-5-11-8(14)13(7)12-6/h4-5H,1-3H3,(H,10,11,14). The van der Waals surface area contributed by atoms with Crippen molar-refractivity contribution in [1.82, 2.24) is 19.6 Å². The van der Waals surface area contributed by atoms with Crippen molar-refractivity contribution in [2.24, 2.45) is 0 Å². The molecule has 0 aliphatic heterocycles. The maximum absolute atomic E-state index is 11.3. The first kappa shape index (κ1) is 8.93. The van der Waals surface area contributed by atoms with E-state index < -0.39 is 0 Å². The molecule has 0 amide bonds. The average molecular weight is 192 g/mol. The van der Waals surface area contributed by atoms with E-state index in [1.54, 1.807) is 0 Å². The van der Waals surface area contributed by atoms with Crippen LogP contribution in [0.2, 0.25) is 0 Å². The lowest BCUT2D eigenvalue weighted by molar-refractivity contribution is 0.560. The molecule has 2 heterocycles. The zero-order valence-corrected chi connectivity index (χ0v) is 8.40. The average Bonchev–Trinajstić information content (AvgIpc) is 2.48. The molecule has 5 nitrogen and oxygen atoms in total. The molecule has 0 radical (unpaired) electrons. The largest absolute Gasteiger partial charge is 0.349 e. The summed E-state index contributed by atoms with van der Waals surface area (Å²) >= 11 is 0. The van der Waals surface area contributed by atoms with Crippen LogP contribution in [0.1, 0.15) is 26.5 Å². The van der Waals surface area contributed by atoms with Crippen molar-refractivity contribution in [2.45, 2.75) is 26.2 Å². The third kappa shape index (κ3) is 1.30. The molecule has 14 heavy (non-hydrogen) atoms. The zero-order chi connectivity index (χ0) is 10.3. The molecular formula is C9H12N4O. The van der Waals surface area contributed by atoms with Crippen LogP contribution in [0.15, 0.2) is 17.2 Å². The van der Waals surface area contributed by atoms with Crippen LogP contribution in [0.5, 0.6) is 0 Å². The molecule has 0 saturated heterocycles. The molecule has 5 heteroatoms. The van der Waals surface area contributed by atoms with Crippen molar-refractivity contribution in [2.75, 3.05) is 0 Å². The highest BCUT2D eigenvalue weighted by Crippen LogP contribution is 2.20. The molecule has 74 valence electrons. The van der Waals surface area contributed by atoms with Gasteiger partial charge >= 0.3 is 5.69 Å². The van der Waals surface area contributed by atoms with Gasteiger partial charge in [-0.3, -0.25) is 4.98 Å². The number of aromatic amines is 1. The van der Waals surface area contributed by atoms with Crippen molar-refractivity contribution < 1.29 is 0 Å². The molecule has 2 aromatic heterocycles. The van der Waals surface area contributed by atoms with E-state index in [1.165, 1.54) is 10.8 Å². The highest BCUT2D eigenvalue weighted by Gasteiger charge is 2.18. The van der Waals surface area contributed by atoms with Gasteiger partial charge in [0, 0.05) is 11.5 Å². The van der Waals surface area contributed by atoms with Gasteiger partial charge in [-0.05, 0) is 0 Å². The fraction of sp³-hybridized carbons (Fsp3) is 0.444. The molecule has 0 saturated carbocycles. The molecule has 2 rings (SSSR count). The minimum atomic E-state index is -0.259. The second kappa shape index (κ2) is 2.67. The minimum absolute atomic E-state index is 0.0693. The quantitative estimate of drug-likeness (QED) is 0.668. The van der Waals surface area contributed by atoms with Crippen LogP contribution in [-0.2, 0) is 5.41 Å². The van der Waals surface area contributed by atoms with E-state index in [-0.39, 0.29) is 11.1 Å². The second-order valence-electron chi connectivity index (χ2n) is 4.26. The van der Waals surface area contributed by atoms with Gasteiger partial charge in [-0.15, -0.1) is 0 Å². The Morgan fingerprint density at radius 1 is 1.43 bits per heavy atom. The van der Waals surface area contributed by atoms with E-state index in [2.05, 4.69) is 15.1 Å². The van der Waals surface area contributed by atoms with Crippen molar-refractivity contribution in [3.8, 4) is 0 Å². The lowest BCUT2D eigenvalue weighted by Crippen LogP contribution is -2.19.